The second-order valence-corrected chi connectivity index (χ2v) is 6.34. The Morgan fingerprint density at radius 1 is 1.04 bits per heavy atom. The third kappa shape index (κ3) is 6.93. The summed E-state index contributed by atoms with van der Waals surface area (Å²) in [5, 5.41) is 30.1. The van der Waals surface area contributed by atoms with Crippen LogP contribution >= 0.6 is 0 Å². The summed E-state index contributed by atoms with van der Waals surface area (Å²) in [4.78, 5) is 33.9. The molecule has 0 amide bonds. The van der Waals surface area contributed by atoms with Crippen LogP contribution in [0.5, 0.6) is 0 Å². The van der Waals surface area contributed by atoms with Gasteiger partial charge < -0.3 is 15.3 Å². The van der Waals surface area contributed by atoms with Crippen molar-refractivity contribution in [3.05, 3.63) is 0 Å². The maximum absolute atomic E-state index is 11.5. The van der Waals surface area contributed by atoms with E-state index in [1.54, 1.807) is 13.8 Å². The molecule has 5 N–H and O–H groups in total. The monoisotopic (exact) mass is 332 g/mol. The van der Waals surface area contributed by atoms with Crippen LogP contribution < -0.4 is 16.2 Å². The number of carboxylic acid groups (broad SMARTS) is 3. The summed E-state index contributed by atoms with van der Waals surface area (Å²) < 4.78 is 0. The van der Waals surface area contributed by atoms with Crippen molar-refractivity contribution in [1.82, 2.24) is 16.2 Å². The third-order valence-electron chi connectivity index (χ3n) is 3.23. The highest BCUT2D eigenvalue weighted by Crippen LogP contribution is 2.10. The smallest absolute Gasteiger partial charge is 0.341 e. The highest BCUT2D eigenvalue weighted by molar-refractivity contribution is 5.80. The van der Waals surface area contributed by atoms with Crippen LogP contribution in [0.25, 0.3) is 0 Å². The highest BCUT2D eigenvalue weighted by atomic mass is 16.4. The van der Waals surface area contributed by atoms with Crippen LogP contribution in [0.4, 0.5) is 0 Å². The molecule has 3 atom stereocenters. The number of nitrogens with zero attached hydrogens (tertiary/aromatic N) is 1. The summed E-state index contributed by atoms with van der Waals surface area (Å²) in [7, 11) is 0. The molecule has 0 heterocycles. The second kappa shape index (κ2) is 8.80. The first kappa shape index (κ1) is 21.3. The van der Waals surface area contributed by atoms with Crippen molar-refractivity contribution >= 4 is 17.9 Å². The summed E-state index contributed by atoms with van der Waals surface area (Å²) >= 11 is 0. The average molecular weight is 332 g/mol. The standard InChI is InChI=1S/C14H26N3O6/c1-7(2)6-9(11(18)19)16-17-14(5,13(22)23)15-10(8(3)4)12(20)21/h7-10,15-16H,6H2,1-5H3,(H,18,19)(H,20,21)(H,22,23). The molecule has 0 bridgehead atoms. The highest BCUT2D eigenvalue weighted by Gasteiger charge is 2.40. The Balaban J connectivity index is 5.12. The summed E-state index contributed by atoms with van der Waals surface area (Å²) in [6.07, 6.45) is 0.251. The Bertz CT molecular complexity index is 440. The minimum atomic E-state index is -1.97. The lowest BCUT2D eigenvalue weighted by molar-refractivity contribution is -0.151. The largest absolute Gasteiger partial charge is 0.480 e. The number of hydrogen-bond donors (Lipinski definition) is 5. The van der Waals surface area contributed by atoms with E-state index in [4.69, 9.17) is 10.2 Å². The maximum atomic E-state index is 11.5. The van der Waals surface area contributed by atoms with Crippen molar-refractivity contribution in [2.45, 2.75) is 58.8 Å². The number of nitrogens with one attached hydrogen (secondary N) is 2. The van der Waals surface area contributed by atoms with Gasteiger partial charge in [-0.15, -0.1) is 5.43 Å². The van der Waals surface area contributed by atoms with E-state index in [2.05, 4.69) is 16.2 Å². The van der Waals surface area contributed by atoms with E-state index in [9.17, 15) is 19.5 Å². The molecular weight excluding hydrogens is 306 g/mol. The van der Waals surface area contributed by atoms with Crippen LogP contribution in [-0.2, 0) is 14.4 Å². The van der Waals surface area contributed by atoms with E-state index >= 15 is 0 Å². The first-order valence-corrected chi connectivity index (χ1v) is 7.34. The lowest BCUT2D eigenvalue weighted by Crippen LogP contribution is -2.66. The van der Waals surface area contributed by atoms with Gasteiger partial charge in [0.15, 0.2) is 5.66 Å². The molecular formula is C14H26N3O6. The molecule has 0 saturated heterocycles. The molecule has 0 aromatic rings. The Hall–Kier alpha value is -1.71. The van der Waals surface area contributed by atoms with Crippen molar-refractivity contribution in [2.24, 2.45) is 11.8 Å². The van der Waals surface area contributed by atoms with Crippen LogP contribution in [0.15, 0.2) is 0 Å². The number of carboxylic acids is 3. The van der Waals surface area contributed by atoms with Crippen LogP contribution in [-0.4, -0.2) is 51.0 Å². The van der Waals surface area contributed by atoms with Gasteiger partial charge in [-0.3, -0.25) is 14.9 Å². The minimum Gasteiger partial charge on any atom is -0.480 e. The predicted octanol–water partition coefficient (Wildman–Crippen LogP) is 0.0943. The lowest BCUT2D eigenvalue weighted by atomic mass is 10.0. The average Bonchev–Trinajstić information content (AvgIpc) is 2.39. The Labute approximate surface area is 135 Å². The van der Waals surface area contributed by atoms with E-state index in [-0.39, 0.29) is 18.3 Å². The molecule has 0 aliphatic carbocycles. The number of carbonyl (C=O) groups is 3. The summed E-state index contributed by atoms with van der Waals surface area (Å²) in [6, 6.07) is -2.20. The SMILES string of the molecule is CC(C)CC(N[N]C(C)(NC(C(=O)O)C(C)C)C(=O)O)C(=O)O. The van der Waals surface area contributed by atoms with Gasteiger partial charge in [0, 0.05) is 0 Å². The van der Waals surface area contributed by atoms with E-state index in [1.807, 2.05) is 13.8 Å². The lowest BCUT2D eigenvalue weighted by Gasteiger charge is -2.32. The molecule has 0 aliphatic heterocycles. The molecule has 0 spiro atoms. The molecule has 23 heavy (non-hydrogen) atoms. The second-order valence-electron chi connectivity index (χ2n) is 6.34. The fraction of sp³-hybridized carbons (Fsp3) is 0.786. The van der Waals surface area contributed by atoms with Gasteiger partial charge in [-0.2, -0.15) is 0 Å². The predicted molar refractivity (Wildman–Crippen MR) is 81.6 cm³/mol. The fourth-order valence-corrected chi connectivity index (χ4v) is 1.85. The van der Waals surface area contributed by atoms with Gasteiger partial charge in [-0.25, -0.2) is 10.2 Å². The zero-order chi connectivity index (χ0) is 18.4. The Morgan fingerprint density at radius 2 is 1.57 bits per heavy atom. The van der Waals surface area contributed by atoms with Crippen LogP contribution in [0.1, 0.15) is 41.0 Å². The van der Waals surface area contributed by atoms with Crippen molar-refractivity contribution in [3.8, 4) is 0 Å². The van der Waals surface area contributed by atoms with Crippen molar-refractivity contribution < 1.29 is 29.7 Å². The van der Waals surface area contributed by atoms with Crippen molar-refractivity contribution in [1.29, 1.82) is 0 Å². The normalized spacial score (nSPS) is 16.8. The summed E-state index contributed by atoms with van der Waals surface area (Å²) in [5.74, 6) is -4.10. The molecule has 0 rings (SSSR count). The van der Waals surface area contributed by atoms with Gasteiger partial charge in [0.2, 0.25) is 0 Å². The van der Waals surface area contributed by atoms with Gasteiger partial charge in [0.25, 0.3) is 0 Å². The number of hydrogen-bond acceptors (Lipinski definition) is 5. The van der Waals surface area contributed by atoms with Crippen molar-refractivity contribution in [2.75, 3.05) is 0 Å². The first-order chi connectivity index (χ1) is 10.4. The van der Waals surface area contributed by atoms with Gasteiger partial charge >= 0.3 is 17.9 Å². The van der Waals surface area contributed by atoms with Crippen LogP contribution in [0, 0.1) is 11.8 Å². The number of aliphatic carboxylic acids is 3. The van der Waals surface area contributed by atoms with E-state index in [1.165, 1.54) is 6.92 Å². The zero-order valence-corrected chi connectivity index (χ0v) is 14.0. The quantitative estimate of drug-likeness (QED) is 0.334. The van der Waals surface area contributed by atoms with Gasteiger partial charge in [-0.05, 0) is 25.2 Å². The zero-order valence-electron chi connectivity index (χ0n) is 14.0. The van der Waals surface area contributed by atoms with Gasteiger partial charge in [-0.1, -0.05) is 27.7 Å². The van der Waals surface area contributed by atoms with Crippen molar-refractivity contribution in [3.63, 3.8) is 0 Å². The van der Waals surface area contributed by atoms with Crippen LogP contribution in [0.3, 0.4) is 0 Å². The topological polar surface area (TPSA) is 150 Å². The molecule has 3 unspecified atom stereocenters. The molecule has 0 aromatic carbocycles. The minimum absolute atomic E-state index is 0.0604. The summed E-state index contributed by atoms with van der Waals surface area (Å²) in [5.41, 5.74) is 4.10. The maximum Gasteiger partial charge on any atom is 0.341 e. The third-order valence-corrected chi connectivity index (χ3v) is 3.23. The molecule has 9 heteroatoms. The Kier molecular flexibility index (Phi) is 8.15. The molecule has 9 nitrogen and oxygen atoms in total. The Morgan fingerprint density at radius 3 is 1.87 bits per heavy atom. The fourth-order valence-electron chi connectivity index (χ4n) is 1.85. The van der Waals surface area contributed by atoms with Gasteiger partial charge in [0.05, 0.1) is 0 Å². The molecule has 0 saturated carbocycles. The first-order valence-electron chi connectivity index (χ1n) is 7.34. The van der Waals surface area contributed by atoms with Gasteiger partial charge in [0.1, 0.15) is 12.1 Å². The van der Waals surface area contributed by atoms with E-state index in [0.29, 0.717) is 0 Å². The molecule has 0 aromatic heterocycles. The van der Waals surface area contributed by atoms with Crippen LogP contribution in [0.2, 0.25) is 0 Å². The van der Waals surface area contributed by atoms with E-state index < -0.39 is 35.7 Å². The van der Waals surface area contributed by atoms with E-state index in [0.717, 1.165) is 0 Å². The molecule has 0 aliphatic rings. The molecule has 133 valence electrons. The summed E-state index contributed by atoms with van der Waals surface area (Å²) in [6.45, 7) is 8.08. The number of rotatable bonds is 11. The molecule has 1 radical (unpaired) electrons. The molecule has 0 fully saturated rings.